The number of rotatable bonds is 3. The lowest BCUT2D eigenvalue weighted by Gasteiger charge is -2.40. The number of nitrogens with zero attached hydrogens (tertiary/aromatic N) is 3. The van der Waals surface area contributed by atoms with Gasteiger partial charge in [-0.15, -0.1) is 0 Å². The fraction of sp³-hybridized carbons (Fsp3) is 0.833. The van der Waals surface area contributed by atoms with E-state index in [1.807, 2.05) is 0 Å². The quantitative estimate of drug-likeness (QED) is 0.738. The Bertz CT molecular complexity index is 738. The van der Waals surface area contributed by atoms with Crippen LogP contribution in [0, 0.1) is 5.41 Å². The van der Waals surface area contributed by atoms with Crippen LogP contribution in [0.3, 0.4) is 0 Å². The van der Waals surface area contributed by atoms with Gasteiger partial charge >= 0.3 is 0 Å². The zero-order chi connectivity index (χ0) is 17.8. The van der Waals surface area contributed by atoms with E-state index in [-0.39, 0.29) is 5.41 Å². The molecular formula is C18H28BrN3O2S. The molecule has 5 nitrogen and oxygen atoms in total. The first-order valence-corrected chi connectivity index (χ1v) is 12.1. The lowest BCUT2D eigenvalue weighted by Crippen LogP contribution is -2.51. The Balaban J connectivity index is 1.37. The number of sulfone groups is 1. The van der Waals surface area contributed by atoms with Crippen LogP contribution in [0.2, 0.25) is 0 Å². The summed E-state index contributed by atoms with van der Waals surface area (Å²) in [5, 5.41) is 4.60. The molecule has 0 unspecified atom stereocenters. The van der Waals surface area contributed by atoms with Crippen molar-refractivity contribution in [3.05, 3.63) is 16.4 Å². The Morgan fingerprint density at radius 2 is 1.92 bits per heavy atom. The maximum absolute atomic E-state index is 11.6. The van der Waals surface area contributed by atoms with Gasteiger partial charge in [0.2, 0.25) is 0 Å². The van der Waals surface area contributed by atoms with Gasteiger partial charge in [-0.2, -0.15) is 5.10 Å². The molecule has 1 spiro atoms. The van der Waals surface area contributed by atoms with Gasteiger partial charge in [0.05, 0.1) is 11.5 Å². The minimum absolute atomic E-state index is 0.0941. The average Bonchev–Trinajstić information content (AvgIpc) is 3.11. The van der Waals surface area contributed by atoms with Crippen LogP contribution in [0.5, 0.6) is 0 Å². The molecule has 7 heteroatoms. The Morgan fingerprint density at radius 3 is 2.52 bits per heavy atom. The van der Waals surface area contributed by atoms with Crippen LogP contribution in [0.15, 0.2) is 10.7 Å². The van der Waals surface area contributed by atoms with Crippen molar-refractivity contribution in [2.45, 2.75) is 64.0 Å². The first kappa shape index (κ1) is 18.0. The van der Waals surface area contributed by atoms with Crippen molar-refractivity contribution in [3.63, 3.8) is 0 Å². The molecule has 140 valence electrons. The normalized spacial score (nSPS) is 31.5. The summed E-state index contributed by atoms with van der Waals surface area (Å²) < 4.78 is 26.3. The second-order valence-corrected chi connectivity index (χ2v) is 11.6. The molecule has 4 rings (SSSR count). The van der Waals surface area contributed by atoms with Gasteiger partial charge in [-0.3, -0.25) is 9.58 Å². The highest BCUT2D eigenvalue weighted by Crippen LogP contribution is 2.44. The molecule has 1 saturated carbocycles. The molecule has 3 aliphatic rings. The lowest BCUT2D eigenvalue weighted by atomic mass is 9.83. The highest BCUT2D eigenvalue weighted by atomic mass is 79.9. The molecule has 0 bridgehead atoms. The third-order valence-corrected chi connectivity index (χ3v) is 8.87. The summed E-state index contributed by atoms with van der Waals surface area (Å²) >= 11 is 3.53. The van der Waals surface area contributed by atoms with Crippen LogP contribution in [0.1, 0.15) is 63.6 Å². The number of halogens is 1. The third kappa shape index (κ3) is 3.44. The number of aromatic nitrogens is 2. The minimum Gasteiger partial charge on any atom is -0.300 e. The van der Waals surface area contributed by atoms with E-state index in [2.05, 4.69) is 50.5 Å². The van der Waals surface area contributed by atoms with Crippen LogP contribution in [-0.4, -0.2) is 53.7 Å². The maximum Gasteiger partial charge on any atom is 0.151 e. The zero-order valence-electron chi connectivity index (χ0n) is 15.1. The average molecular weight is 430 g/mol. The van der Waals surface area contributed by atoms with Gasteiger partial charge in [-0.25, -0.2) is 8.42 Å². The predicted octanol–water partition coefficient (Wildman–Crippen LogP) is 3.37. The van der Waals surface area contributed by atoms with Crippen molar-refractivity contribution >= 4 is 25.8 Å². The van der Waals surface area contributed by atoms with Crippen molar-refractivity contribution in [1.29, 1.82) is 0 Å². The molecule has 3 heterocycles. The van der Waals surface area contributed by atoms with Gasteiger partial charge in [0.25, 0.3) is 0 Å². The second-order valence-electron chi connectivity index (χ2n) is 8.69. The van der Waals surface area contributed by atoms with E-state index in [0.29, 0.717) is 29.5 Å². The summed E-state index contributed by atoms with van der Waals surface area (Å²) in [5.74, 6) is 1.44. The molecule has 0 N–H and O–H groups in total. The molecule has 0 radical (unpaired) electrons. The topological polar surface area (TPSA) is 55.2 Å². The van der Waals surface area contributed by atoms with Crippen LogP contribution in [-0.2, 0) is 9.84 Å². The second kappa shape index (κ2) is 6.34. The first-order chi connectivity index (χ1) is 11.8. The fourth-order valence-corrected chi connectivity index (χ4v) is 7.90. The summed E-state index contributed by atoms with van der Waals surface area (Å²) in [6.45, 7) is 6.45. The Hall–Kier alpha value is -0.400. The predicted molar refractivity (Wildman–Crippen MR) is 103 cm³/mol. The molecule has 25 heavy (non-hydrogen) atoms. The SMILES string of the molecule is CC(C)n1nc(Br)cc1C1CCC(N2CCC3(C2)CS(=O)(=O)C3)CC1. The molecule has 1 aliphatic carbocycles. The standard InChI is InChI=1S/C18H28BrN3O2S/c1-13(2)22-16(9-17(19)20-22)14-3-5-15(6-4-14)21-8-7-18(10-21)11-25(23,24)12-18/h9,13-15H,3-8,10-12H2,1-2H3. The van der Waals surface area contributed by atoms with Gasteiger partial charge < -0.3 is 0 Å². The molecule has 3 fully saturated rings. The zero-order valence-corrected chi connectivity index (χ0v) is 17.5. The van der Waals surface area contributed by atoms with Gasteiger partial charge in [0.1, 0.15) is 4.60 Å². The van der Waals surface area contributed by atoms with E-state index in [1.165, 1.54) is 31.4 Å². The number of hydrogen-bond donors (Lipinski definition) is 0. The third-order valence-electron chi connectivity index (χ3n) is 6.38. The van der Waals surface area contributed by atoms with Gasteiger partial charge in [0, 0.05) is 35.7 Å². The summed E-state index contributed by atoms with van der Waals surface area (Å²) in [7, 11) is -2.72. The van der Waals surface area contributed by atoms with Crippen LogP contribution >= 0.6 is 15.9 Å². The number of likely N-dealkylation sites (tertiary alicyclic amines) is 1. The Kier molecular flexibility index (Phi) is 4.56. The molecule has 0 amide bonds. The van der Waals surface area contributed by atoms with Gasteiger partial charge in [-0.1, -0.05) is 0 Å². The van der Waals surface area contributed by atoms with Crippen molar-refractivity contribution < 1.29 is 8.42 Å². The smallest absolute Gasteiger partial charge is 0.151 e. The summed E-state index contributed by atoms with van der Waals surface area (Å²) in [6.07, 6.45) is 5.91. The van der Waals surface area contributed by atoms with Gasteiger partial charge in [0.15, 0.2) is 9.84 Å². The van der Waals surface area contributed by atoms with Crippen LogP contribution in [0.25, 0.3) is 0 Å². The fourth-order valence-electron chi connectivity index (χ4n) is 5.24. The van der Waals surface area contributed by atoms with Crippen molar-refractivity contribution in [2.75, 3.05) is 24.6 Å². The lowest BCUT2D eigenvalue weighted by molar-refractivity contribution is 0.162. The molecule has 1 aromatic rings. The molecular weight excluding hydrogens is 402 g/mol. The summed E-state index contributed by atoms with van der Waals surface area (Å²) in [6, 6.07) is 3.21. The Labute approximate surface area is 159 Å². The largest absolute Gasteiger partial charge is 0.300 e. The first-order valence-electron chi connectivity index (χ1n) is 9.46. The van der Waals surface area contributed by atoms with Gasteiger partial charge in [-0.05, 0) is 74.5 Å². The minimum atomic E-state index is -2.72. The number of hydrogen-bond acceptors (Lipinski definition) is 4. The molecule has 1 aromatic heterocycles. The maximum atomic E-state index is 11.6. The van der Waals surface area contributed by atoms with E-state index >= 15 is 0 Å². The van der Waals surface area contributed by atoms with E-state index in [0.717, 1.165) is 24.1 Å². The van der Waals surface area contributed by atoms with E-state index in [9.17, 15) is 8.42 Å². The highest BCUT2D eigenvalue weighted by Gasteiger charge is 2.52. The molecule has 0 atom stereocenters. The monoisotopic (exact) mass is 429 g/mol. The van der Waals surface area contributed by atoms with Crippen molar-refractivity contribution in [3.8, 4) is 0 Å². The molecule has 2 saturated heterocycles. The van der Waals surface area contributed by atoms with Crippen molar-refractivity contribution in [2.24, 2.45) is 5.41 Å². The van der Waals surface area contributed by atoms with E-state index in [4.69, 9.17) is 0 Å². The Morgan fingerprint density at radius 1 is 1.24 bits per heavy atom. The summed E-state index contributed by atoms with van der Waals surface area (Å²) in [5.41, 5.74) is 1.46. The van der Waals surface area contributed by atoms with Crippen LogP contribution < -0.4 is 0 Å². The summed E-state index contributed by atoms with van der Waals surface area (Å²) in [4.78, 5) is 2.58. The highest BCUT2D eigenvalue weighted by molar-refractivity contribution is 9.10. The van der Waals surface area contributed by atoms with E-state index in [1.54, 1.807) is 0 Å². The van der Waals surface area contributed by atoms with Crippen molar-refractivity contribution in [1.82, 2.24) is 14.7 Å². The van der Waals surface area contributed by atoms with Crippen LogP contribution in [0.4, 0.5) is 0 Å². The van der Waals surface area contributed by atoms with E-state index < -0.39 is 9.84 Å². The molecule has 2 aliphatic heterocycles. The molecule has 0 aromatic carbocycles.